The Bertz CT molecular complexity index is 602. The molecule has 1 fully saturated rings. The van der Waals surface area contributed by atoms with Gasteiger partial charge in [0.1, 0.15) is 5.75 Å². The first-order valence-electron chi connectivity index (χ1n) is 7.54. The monoisotopic (exact) mass is 304 g/mol. The van der Waals surface area contributed by atoms with Crippen LogP contribution in [-0.2, 0) is 9.53 Å². The Labute approximate surface area is 129 Å². The summed E-state index contributed by atoms with van der Waals surface area (Å²) in [6.07, 6.45) is 3.18. The lowest BCUT2D eigenvalue weighted by Gasteiger charge is -2.41. The van der Waals surface area contributed by atoms with E-state index in [-0.39, 0.29) is 17.3 Å². The molecule has 1 N–H and O–H groups in total. The van der Waals surface area contributed by atoms with E-state index in [1.807, 2.05) is 0 Å². The van der Waals surface area contributed by atoms with Crippen LogP contribution in [0.5, 0.6) is 5.75 Å². The Kier molecular flexibility index (Phi) is 3.92. The molecule has 2 heterocycles. The van der Waals surface area contributed by atoms with Crippen LogP contribution < -0.4 is 9.80 Å². The van der Waals surface area contributed by atoms with Crippen LogP contribution in [0.1, 0.15) is 29.6 Å². The largest absolute Gasteiger partial charge is 0.507 e. The third-order valence-electron chi connectivity index (χ3n) is 4.52. The molecule has 0 amide bonds. The number of hydrogen-bond acceptors (Lipinski definition) is 6. The van der Waals surface area contributed by atoms with Gasteiger partial charge >= 0.3 is 5.97 Å². The second-order valence-electron chi connectivity index (χ2n) is 5.78. The highest BCUT2D eigenvalue weighted by molar-refractivity contribution is 5.87. The zero-order valence-corrected chi connectivity index (χ0v) is 12.6. The number of fused-ring (bicyclic) bond motifs is 3. The number of phenolic OH excluding ortho intramolecular Hbond substituents is 1. The summed E-state index contributed by atoms with van der Waals surface area (Å²) in [5, 5.41) is 9.98. The normalized spacial score (nSPS) is 19.6. The van der Waals surface area contributed by atoms with E-state index in [2.05, 4.69) is 9.80 Å². The molecule has 1 aromatic carbocycles. The zero-order chi connectivity index (χ0) is 15.7. The summed E-state index contributed by atoms with van der Waals surface area (Å²) < 4.78 is 4.71. The molecule has 1 unspecified atom stereocenters. The number of nitrogens with zero attached hydrogens (tertiary/aromatic N) is 2. The molecule has 2 aliphatic heterocycles. The van der Waals surface area contributed by atoms with Gasteiger partial charge in [0.2, 0.25) is 0 Å². The number of esters is 1. The lowest BCUT2D eigenvalue weighted by molar-refractivity contribution is -0.140. The number of aldehydes is 1. The summed E-state index contributed by atoms with van der Waals surface area (Å²) in [6, 6.07) is 3.78. The molecule has 0 aromatic heterocycles. The van der Waals surface area contributed by atoms with Crippen molar-refractivity contribution in [3.05, 3.63) is 17.7 Å². The molecule has 6 nitrogen and oxygen atoms in total. The van der Waals surface area contributed by atoms with Crippen LogP contribution in [0.25, 0.3) is 0 Å². The third-order valence-corrected chi connectivity index (χ3v) is 4.52. The second kappa shape index (κ2) is 5.87. The van der Waals surface area contributed by atoms with Gasteiger partial charge in [0.25, 0.3) is 0 Å². The van der Waals surface area contributed by atoms with E-state index < -0.39 is 0 Å². The quantitative estimate of drug-likeness (QED) is 0.672. The van der Waals surface area contributed by atoms with Crippen LogP contribution in [0.2, 0.25) is 0 Å². The van der Waals surface area contributed by atoms with Crippen molar-refractivity contribution in [1.82, 2.24) is 0 Å². The number of phenols is 1. The Morgan fingerprint density at radius 3 is 3.00 bits per heavy atom. The SMILES string of the molecule is COC(=O)CCN1CC2CCCN2c2cc(O)c(C=O)cc21. The summed E-state index contributed by atoms with van der Waals surface area (Å²) in [7, 11) is 1.38. The number of hydrogen-bond donors (Lipinski definition) is 1. The van der Waals surface area contributed by atoms with Gasteiger partial charge in [-0.3, -0.25) is 9.59 Å². The Morgan fingerprint density at radius 2 is 2.27 bits per heavy atom. The van der Waals surface area contributed by atoms with Gasteiger partial charge in [0.05, 0.1) is 30.5 Å². The van der Waals surface area contributed by atoms with Crippen molar-refractivity contribution in [2.45, 2.75) is 25.3 Å². The first kappa shape index (κ1) is 14.7. The topological polar surface area (TPSA) is 70.1 Å². The van der Waals surface area contributed by atoms with E-state index in [0.29, 0.717) is 25.3 Å². The summed E-state index contributed by atoms with van der Waals surface area (Å²) >= 11 is 0. The molecule has 2 aliphatic rings. The van der Waals surface area contributed by atoms with Gasteiger partial charge in [0.15, 0.2) is 6.29 Å². The number of carbonyl (C=O) groups excluding carboxylic acids is 2. The summed E-state index contributed by atoms with van der Waals surface area (Å²) in [5.41, 5.74) is 2.13. The summed E-state index contributed by atoms with van der Waals surface area (Å²) in [4.78, 5) is 26.9. The number of benzene rings is 1. The highest BCUT2D eigenvalue weighted by Crippen LogP contribution is 2.42. The minimum Gasteiger partial charge on any atom is -0.507 e. The van der Waals surface area contributed by atoms with E-state index in [1.165, 1.54) is 7.11 Å². The number of rotatable bonds is 4. The van der Waals surface area contributed by atoms with Gasteiger partial charge in [0, 0.05) is 31.7 Å². The van der Waals surface area contributed by atoms with E-state index in [4.69, 9.17) is 4.74 Å². The maximum Gasteiger partial charge on any atom is 0.307 e. The van der Waals surface area contributed by atoms with Crippen molar-refractivity contribution in [3.8, 4) is 5.75 Å². The van der Waals surface area contributed by atoms with E-state index in [1.54, 1.807) is 12.1 Å². The maximum absolute atomic E-state index is 11.4. The molecular formula is C16H20N2O4. The van der Waals surface area contributed by atoms with Crippen molar-refractivity contribution in [2.75, 3.05) is 36.5 Å². The fraction of sp³-hybridized carbons (Fsp3) is 0.500. The first-order chi connectivity index (χ1) is 10.6. The average molecular weight is 304 g/mol. The van der Waals surface area contributed by atoms with Crippen molar-refractivity contribution < 1.29 is 19.4 Å². The lowest BCUT2D eigenvalue weighted by atomic mass is 10.0. The van der Waals surface area contributed by atoms with Crippen molar-refractivity contribution in [3.63, 3.8) is 0 Å². The van der Waals surface area contributed by atoms with Gasteiger partial charge in [-0.15, -0.1) is 0 Å². The van der Waals surface area contributed by atoms with Gasteiger partial charge in [-0.25, -0.2) is 0 Å². The molecule has 0 spiro atoms. The smallest absolute Gasteiger partial charge is 0.307 e. The highest BCUT2D eigenvalue weighted by atomic mass is 16.5. The molecule has 0 saturated carbocycles. The molecule has 1 aromatic rings. The number of carbonyl (C=O) groups is 2. The molecule has 6 heteroatoms. The van der Waals surface area contributed by atoms with Crippen LogP contribution in [-0.4, -0.2) is 50.1 Å². The molecule has 0 aliphatic carbocycles. The van der Waals surface area contributed by atoms with Crippen LogP contribution in [0.15, 0.2) is 12.1 Å². The number of anilines is 2. The van der Waals surface area contributed by atoms with Crippen LogP contribution in [0.3, 0.4) is 0 Å². The average Bonchev–Trinajstić information content (AvgIpc) is 3.00. The van der Waals surface area contributed by atoms with Crippen molar-refractivity contribution in [2.24, 2.45) is 0 Å². The van der Waals surface area contributed by atoms with E-state index in [0.717, 1.165) is 37.3 Å². The predicted octanol–water partition coefficient (Wildman–Crippen LogP) is 1.56. The van der Waals surface area contributed by atoms with Gasteiger partial charge < -0.3 is 19.6 Å². The van der Waals surface area contributed by atoms with Crippen molar-refractivity contribution in [1.29, 1.82) is 0 Å². The minimum absolute atomic E-state index is 0.00854. The molecule has 3 rings (SSSR count). The Balaban J connectivity index is 1.94. The maximum atomic E-state index is 11.4. The molecule has 118 valence electrons. The van der Waals surface area contributed by atoms with Crippen molar-refractivity contribution >= 4 is 23.6 Å². The van der Waals surface area contributed by atoms with E-state index >= 15 is 0 Å². The number of methoxy groups -OCH3 is 1. The van der Waals surface area contributed by atoms with Gasteiger partial charge in [-0.1, -0.05) is 0 Å². The Morgan fingerprint density at radius 1 is 1.45 bits per heavy atom. The molecule has 1 atom stereocenters. The van der Waals surface area contributed by atoms with Crippen LogP contribution in [0.4, 0.5) is 11.4 Å². The summed E-state index contributed by atoms with van der Waals surface area (Å²) in [5.74, 6) is -0.237. The van der Waals surface area contributed by atoms with Gasteiger partial charge in [-0.2, -0.15) is 0 Å². The number of ether oxygens (including phenoxy) is 1. The first-order valence-corrected chi connectivity index (χ1v) is 7.54. The van der Waals surface area contributed by atoms with Crippen LogP contribution in [0, 0.1) is 0 Å². The standard InChI is InChI=1S/C16H20N2O4/c1-22-16(21)4-6-17-9-12-3-2-5-18(12)14-8-15(20)11(10-19)7-13(14)17/h7-8,10,12,20H,2-6,9H2,1H3. The zero-order valence-electron chi connectivity index (χ0n) is 12.6. The lowest BCUT2D eigenvalue weighted by Crippen LogP contribution is -2.46. The highest BCUT2D eigenvalue weighted by Gasteiger charge is 2.34. The minimum atomic E-state index is -0.246. The molecular weight excluding hydrogens is 284 g/mol. The Hall–Kier alpha value is -2.24. The molecule has 1 saturated heterocycles. The fourth-order valence-electron chi connectivity index (χ4n) is 3.40. The van der Waals surface area contributed by atoms with E-state index in [9.17, 15) is 14.7 Å². The fourth-order valence-corrected chi connectivity index (χ4v) is 3.40. The van der Waals surface area contributed by atoms with Crippen LogP contribution >= 0.6 is 0 Å². The van der Waals surface area contributed by atoms with Gasteiger partial charge in [-0.05, 0) is 18.9 Å². The third kappa shape index (κ3) is 2.49. The predicted molar refractivity (Wildman–Crippen MR) is 82.7 cm³/mol. The summed E-state index contributed by atoms with van der Waals surface area (Å²) in [6.45, 7) is 2.34. The molecule has 0 radical (unpaired) electrons. The number of aromatic hydroxyl groups is 1. The molecule has 0 bridgehead atoms. The second-order valence-corrected chi connectivity index (χ2v) is 5.78. The molecule has 22 heavy (non-hydrogen) atoms.